The summed E-state index contributed by atoms with van der Waals surface area (Å²) >= 11 is 0. The molecule has 1 atom stereocenters. The Bertz CT molecular complexity index is 569. The smallest absolute Gasteiger partial charge is 0.126 e. The van der Waals surface area contributed by atoms with E-state index in [2.05, 4.69) is 24.0 Å². The predicted molar refractivity (Wildman–Crippen MR) is 85.5 cm³/mol. The molecule has 0 saturated heterocycles. The van der Waals surface area contributed by atoms with Gasteiger partial charge in [0.2, 0.25) is 0 Å². The molecule has 0 radical (unpaired) electrons. The van der Waals surface area contributed by atoms with Gasteiger partial charge in [-0.15, -0.1) is 0 Å². The lowest BCUT2D eigenvalue weighted by atomic mass is 10.0. The second-order valence-electron chi connectivity index (χ2n) is 5.31. The van der Waals surface area contributed by atoms with Gasteiger partial charge in [-0.25, -0.2) is 4.39 Å². The van der Waals surface area contributed by atoms with Gasteiger partial charge >= 0.3 is 0 Å². The van der Waals surface area contributed by atoms with E-state index in [0.29, 0.717) is 12.1 Å². The molecule has 2 nitrogen and oxygen atoms in total. The number of rotatable bonds is 6. The van der Waals surface area contributed by atoms with Gasteiger partial charge in [0.15, 0.2) is 0 Å². The van der Waals surface area contributed by atoms with Crippen LogP contribution in [0.25, 0.3) is 0 Å². The third kappa shape index (κ3) is 3.90. The standard InChI is InChI=1S/C18H23FN2/c1-3-21(13-15-7-5-4-6-8-15)18(12-20)16-9-10-17(19)14(2)11-16/h4-11,18H,3,12-13,20H2,1-2H3. The zero-order chi connectivity index (χ0) is 15.2. The van der Waals surface area contributed by atoms with E-state index in [-0.39, 0.29) is 11.9 Å². The average Bonchev–Trinajstić information content (AvgIpc) is 2.51. The summed E-state index contributed by atoms with van der Waals surface area (Å²) in [6.45, 7) is 6.18. The summed E-state index contributed by atoms with van der Waals surface area (Å²) < 4.78 is 13.5. The van der Waals surface area contributed by atoms with E-state index < -0.39 is 0 Å². The fraction of sp³-hybridized carbons (Fsp3) is 0.333. The van der Waals surface area contributed by atoms with Gasteiger partial charge in [0.1, 0.15) is 5.82 Å². The van der Waals surface area contributed by atoms with Crippen LogP contribution in [0, 0.1) is 12.7 Å². The lowest BCUT2D eigenvalue weighted by Gasteiger charge is -2.30. The molecule has 0 aliphatic heterocycles. The molecule has 0 aromatic heterocycles. The Labute approximate surface area is 126 Å². The summed E-state index contributed by atoms with van der Waals surface area (Å²) in [7, 11) is 0. The number of aryl methyl sites for hydroxylation is 1. The first kappa shape index (κ1) is 15.7. The number of nitrogens with zero attached hydrogens (tertiary/aromatic N) is 1. The predicted octanol–water partition coefficient (Wildman–Crippen LogP) is 3.66. The maximum Gasteiger partial charge on any atom is 0.126 e. The molecule has 0 saturated carbocycles. The Hall–Kier alpha value is -1.71. The van der Waals surface area contributed by atoms with Gasteiger partial charge in [-0.1, -0.05) is 49.4 Å². The molecule has 21 heavy (non-hydrogen) atoms. The highest BCUT2D eigenvalue weighted by atomic mass is 19.1. The van der Waals surface area contributed by atoms with Crippen molar-refractivity contribution in [1.82, 2.24) is 4.90 Å². The number of hydrogen-bond donors (Lipinski definition) is 1. The van der Waals surface area contributed by atoms with Crippen molar-refractivity contribution in [1.29, 1.82) is 0 Å². The Morgan fingerprint density at radius 2 is 1.86 bits per heavy atom. The Morgan fingerprint density at radius 3 is 2.43 bits per heavy atom. The van der Waals surface area contributed by atoms with Gasteiger partial charge < -0.3 is 5.73 Å². The Kier molecular flexibility index (Phi) is 5.48. The van der Waals surface area contributed by atoms with Gasteiger partial charge in [0.05, 0.1) is 0 Å². The van der Waals surface area contributed by atoms with E-state index in [1.54, 1.807) is 6.92 Å². The summed E-state index contributed by atoms with van der Waals surface area (Å²) in [6.07, 6.45) is 0. The molecule has 0 aliphatic rings. The van der Waals surface area contributed by atoms with Crippen molar-refractivity contribution in [2.75, 3.05) is 13.1 Å². The highest BCUT2D eigenvalue weighted by molar-refractivity contribution is 5.27. The van der Waals surface area contributed by atoms with Crippen LogP contribution in [0.4, 0.5) is 4.39 Å². The topological polar surface area (TPSA) is 29.3 Å². The minimum Gasteiger partial charge on any atom is -0.329 e. The molecule has 0 fully saturated rings. The Morgan fingerprint density at radius 1 is 1.14 bits per heavy atom. The maximum atomic E-state index is 13.5. The normalized spacial score (nSPS) is 12.6. The minimum atomic E-state index is -0.166. The van der Waals surface area contributed by atoms with Crippen molar-refractivity contribution < 1.29 is 4.39 Å². The van der Waals surface area contributed by atoms with Crippen LogP contribution in [0.3, 0.4) is 0 Å². The Balaban J connectivity index is 2.22. The van der Waals surface area contributed by atoms with Crippen LogP contribution in [0.15, 0.2) is 48.5 Å². The van der Waals surface area contributed by atoms with E-state index >= 15 is 0 Å². The first-order valence-electron chi connectivity index (χ1n) is 7.39. The first-order valence-corrected chi connectivity index (χ1v) is 7.39. The number of benzene rings is 2. The highest BCUT2D eigenvalue weighted by Gasteiger charge is 2.18. The molecular formula is C18H23FN2. The minimum absolute atomic E-state index is 0.106. The monoisotopic (exact) mass is 286 g/mol. The van der Waals surface area contributed by atoms with E-state index in [1.807, 2.05) is 30.3 Å². The second kappa shape index (κ2) is 7.34. The van der Waals surface area contributed by atoms with Crippen LogP contribution >= 0.6 is 0 Å². The summed E-state index contributed by atoms with van der Waals surface area (Å²) in [5.41, 5.74) is 8.99. The molecule has 0 heterocycles. The van der Waals surface area contributed by atoms with Crippen molar-refractivity contribution >= 4 is 0 Å². The molecule has 2 rings (SSSR count). The first-order chi connectivity index (χ1) is 10.2. The van der Waals surface area contributed by atoms with Gasteiger partial charge in [0.25, 0.3) is 0 Å². The molecule has 2 aromatic rings. The molecule has 0 amide bonds. The molecule has 112 valence electrons. The summed E-state index contributed by atoms with van der Waals surface area (Å²) in [4.78, 5) is 2.32. The SMILES string of the molecule is CCN(Cc1ccccc1)C(CN)c1ccc(F)c(C)c1. The summed E-state index contributed by atoms with van der Waals surface area (Å²) in [5.74, 6) is -0.166. The van der Waals surface area contributed by atoms with Gasteiger partial charge in [-0.3, -0.25) is 4.90 Å². The largest absolute Gasteiger partial charge is 0.329 e. The van der Waals surface area contributed by atoms with Crippen molar-refractivity contribution in [3.8, 4) is 0 Å². The lowest BCUT2D eigenvalue weighted by molar-refractivity contribution is 0.203. The molecule has 3 heteroatoms. The van der Waals surface area contributed by atoms with Crippen molar-refractivity contribution in [3.05, 3.63) is 71.0 Å². The zero-order valence-corrected chi connectivity index (χ0v) is 12.7. The summed E-state index contributed by atoms with van der Waals surface area (Å²) in [5, 5.41) is 0. The van der Waals surface area contributed by atoms with Crippen LogP contribution in [-0.2, 0) is 6.54 Å². The van der Waals surface area contributed by atoms with E-state index in [0.717, 1.165) is 18.7 Å². The van der Waals surface area contributed by atoms with Crippen molar-refractivity contribution in [2.24, 2.45) is 5.73 Å². The van der Waals surface area contributed by atoms with Crippen molar-refractivity contribution in [2.45, 2.75) is 26.4 Å². The molecular weight excluding hydrogens is 263 g/mol. The van der Waals surface area contributed by atoms with Crippen LogP contribution in [0.2, 0.25) is 0 Å². The van der Waals surface area contributed by atoms with Crippen LogP contribution in [-0.4, -0.2) is 18.0 Å². The number of likely N-dealkylation sites (N-methyl/N-ethyl adjacent to an activating group) is 1. The van der Waals surface area contributed by atoms with Crippen LogP contribution in [0.5, 0.6) is 0 Å². The molecule has 2 aromatic carbocycles. The zero-order valence-electron chi connectivity index (χ0n) is 12.7. The van der Waals surface area contributed by atoms with Gasteiger partial charge in [0, 0.05) is 19.1 Å². The molecule has 2 N–H and O–H groups in total. The van der Waals surface area contributed by atoms with E-state index in [4.69, 9.17) is 5.73 Å². The summed E-state index contributed by atoms with van der Waals surface area (Å²) in [6, 6.07) is 15.7. The van der Waals surface area contributed by atoms with Crippen molar-refractivity contribution in [3.63, 3.8) is 0 Å². The fourth-order valence-electron chi connectivity index (χ4n) is 2.63. The lowest BCUT2D eigenvalue weighted by Crippen LogP contribution is -2.33. The number of hydrogen-bond acceptors (Lipinski definition) is 2. The van der Waals surface area contributed by atoms with Gasteiger partial charge in [-0.2, -0.15) is 0 Å². The number of halogens is 1. The average molecular weight is 286 g/mol. The highest BCUT2D eigenvalue weighted by Crippen LogP contribution is 2.23. The molecule has 0 aliphatic carbocycles. The fourth-order valence-corrected chi connectivity index (χ4v) is 2.63. The maximum absolute atomic E-state index is 13.5. The molecule has 0 bridgehead atoms. The van der Waals surface area contributed by atoms with Crippen LogP contribution in [0.1, 0.15) is 29.7 Å². The molecule has 1 unspecified atom stereocenters. The van der Waals surface area contributed by atoms with E-state index in [9.17, 15) is 4.39 Å². The third-order valence-electron chi connectivity index (χ3n) is 3.87. The van der Waals surface area contributed by atoms with Gasteiger partial charge in [-0.05, 0) is 36.2 Å². The quantitative estimate of drug-likeness (QED) is 0.878. The van der Waals surface area contributed by atoms with E-state index in [1.165, 1.54) is 11.6 Å². The van der Waals surface area contributed by atoms with Crippen LogP contribution < -0.4 is 5.73 Å². The number of nitrogens with two attached hydrogens (primary N) is 1. The molecule has 0 spiro atoms. The second-order valence-corrected chi connectivity index (χ2v) is 5.31. The third-order valence-corrected chi connectivity index (χ3v) is 3.87.